The Morgan fingerprint density at radius 2 is 2.00 bits per heavy atom. The molecule has 1 aromatic carbocycles. The van der Waals surface area contributed by atoms with Crippen molar-refractivity contribution in [1.29, 1.82) is 0 Å². The number of urea groups is 1. The second-order valence-corrected chi connectivity index (χ2v) is 8.15. The third-order valence-electron chi connectivity index (χ3n) is 5.87. The molecule has 1 aliphatic carbocycles. The fraction of sp³-hybridized carbons (Fsp3) is 0.619. The van der Waals surface area contributed by atoms with Crippen molar-refractivity contribution in [3.05, 3.63) is 29.8 Å². The highest BCUT2D eigenvalue weighted by Gasteiger charge is 2.52. The standard InChI is InChI=1S/C21H31N3O2/c1-4-16-8-7-9-17(12-16)23-20(26)24-13-18(19(25)22-15(2)3)21(14-24)10-5-6-11-21/h7-9,12,15,18H,4-6,10-11,13-14H2,1-3H3,(H,22,25)(H,23,26). The summed E-state index contributed by atoms with van der Waals surface area (Å²) in [4.78, 5) is 27.4. The Hall–Kier alpha value is -2.04. The van der Waals surface area contributed by atoms with Crippen molar-refractivity contribution in [2.24, 2.45) is 11.3 Å². The van der Waals surface area contributed by atoms with Gasteiger partial charge in [-0.05, 0) is 50.8 Å². The summed E-state index contributed by atoms with van der Waals surface area (Å²) < 4.78 is 0. The number of amides is 3. The van der Waals surface area contributed by atoms with E-state index >= 15 is 0 Å². The number of hydrogen-bond donors (Lipinski definition) is 2. The van der Waals surface area contributed by atoms with Crippen LogP contribution in [-0.4, -0.2) is 36.0 Å². The van der Waals surface area contributed by atoms with Crippen LogP contribution in [0.15, 0.2) is 24.3 Å². The maximum atomic E-state index is 12.8. The first-order chi connectivity index (χ1) is 12.4. The summed E-state index contributed by atoms with van der Waals surface area (Å²) in [6.45, 7) is 7.27. The molecule has 1 unspecified atom stereocenters. The van der Waals surface area contributed by atoms with Gasteiger partial charge >= 0.3 is 6.03 Å². The van der Waals surface area contributed by atoms with Crippen molar-refractivity contribution in [2.75, 3.05) is 18.4 Å². The van der Waals surface area contributed by atoms with Gasteiger partial charge in [-0.25, -0.2) is 4.79 Å². The van der Waals surface area contributed by atoms with Crippen LogP contribution in [0.25, 0.3) is 0 Å². The average molecular weight is 357 g/mol. The first-order valence-electron chi connectivity index (χ1n) is 9.89. The molecule has 1 spiro atoms. The van der Waals surface area contributed by atoms with Gasteiger partial charge in [0.1, 0.15) is 0 Å². The summed E-state index contributed by atoms with van der Waals surface area (Å²) in [6, 6.07) is 8.00. The molecule has 1 heterocycles. The zero-order valence-corrected chi connectivity index (χ0v) is 16.2. The zero-order chi connectivity index (χ0) is 18.7. The number of nitrogens with one attached hydrogen (secondary N) is 2. The summed E-state index contributed by atoms with van der Waals surface area (Å²) in [6.07, 6.45) is 5.32. The Bertz CT molecular complexity index is 665. The van der Waals surface area contributed by atoms with E-state index in [0.29, 0.717) is 13.1 Å². The van der Waals surface area contributed by atoms with Gasteiger partial charge in [0, 0.05) is 30.2 Å². The lowest BCUT2D eigenvalue weighted by atomic mass is 9.76. The summed E-state index contributed by atoms with van der Waals surface area (Å²) in [5.74, 6) is 0.00491. The van der Waals surface area contributed by atoms with Crippen LogP contribution in [0.2, 0.25) is 0 Å². The second kappa shape index (κ2) is 7.68. The molecule has 1 aromatic rings. The van der Waals surface area contributed by atoms with Gasteiger partial charge in [-0.3, -0.25) is 4.79 Å². The molecule has 0 radical (unpaired) electrons. The van der Waals surface area contributed by atoms with E-state index in [0.717, 1.165) is 37.8 Å². The van der Waals surface area contributed by atoms with Crippen LogP contribution in [-0.2, 0) is 11.2 Å². The van der Waals surface area contributed by atoms with E-state index in [2.05, 4.69) is 23.6 Å². The Kier molecular flexibility index (Phi) is 5.54. The minimum absolute atomic E-state index is 0.0401. The number of aryl methyl sites for hydroxylation is 1. The van der Waals surface area contributed by atoms with Crippen LogP contribution in [0, 0.1) is 11.3 Å². The number of benzene rings is 1. The largest absolute Gasteiger partial charge is 0.354 e. The van der Waals surface area contributed by atoms with Crippen LogP contribution in [0.5, 0.6) is 0 Å². The Balaban J connectivity index is 1.72. The highest BCUT2D eigenvalue weighted by atomic mass is 16.2. The molecule has 1 saturated heterocycles. The lowest BCUT2D eigenvalue weighted by Gasteiger charge is -2.29. The molecule has 2 N–H and O–H groups in total. The van der Waals surface area contributed by atoms with Crippen LogP contribution in [0.3, 0.4) is 0 Å². The molecule has 5 heteroatoms. The molecule has 1 atom stereocenters. The van der Waals surface area contributed by atoms with Crippen LogP contribution >= 0.6 is 0 Å². The molecule has 2 fully saturated rings. The van der Waals surface area contributed by atoms with E-state index in [1.165, 1.54) is 5.56 Å². The van der Waals surface area contributed by atoms with Crippen LogP contribution in [0.4, 0.5) is 10.5 Å². The van der Waals surface area contributed by atoms with Crippen LogP contribution < -0.4 is 10.6 Å². The van der Waals surface area contributed by atoms with Crippen molar-refractivity contribution >= 4 is 17.6 Å². The van der Waals surface area contributed by atoms with Crippen LogP contribution in [0.1, 0.15) is 52.0 Å². The van der Waals surface area contributed by atoms with Gasteiger partial charge in [0.25, 0.3) is 0 Å². The predicted molar refractivity (Wildman–Crippen MR) is 104 cm³/mol. The molecule has 1 aliphatic heterocycles. The van der Waals surface area contributed by atoms with Gasteiger partial charge in [0.2, 0.25) is 5.91 Å². The Morgan fingerprint density at radius 1 is 1.27 bits per heavy atom. The van der Waals surface area contributed by atoms with Crippen molar-refractivity contribution < 1.29 is 9.59 Å². The molecular weight excluding hydrogens is 326 g/mol. The number of nitrogens with zero attached hydrogens (tertiary/aromatic N) is 1. The average Bonchev–Trinajstić information content (AvgIpc) is 3.22. The summed E-state index contributed by atoms with van der Waals surface area (Å²) >= 11 is 0. The Morgan fingerprint density at radius 3 is 2.65 bits per heavy atom. The molecule has 142 valence electrons. The van der Waals surface area contributed by atoms with Crippen molar-refractivity contribution in [3.63, 3.8) is 0 Å². The number of carbonyl (C=O) groups excluding carboxylic acids is 2. The molecule has 3 amide bonds. The van der Waals surface area contributed by atoms with Gasteiger partial charge in [0.05, 0.1) is 5.92 Å². The highest BCUT2D eigenvalue weighted by molar-refractivity contribution is 5.91. The smallest absolute Gasteiger partial charge is 0.321 e. The number of hydrogen-bond acceptors (Lipinski definition) is 2. The predicted octanol–water partition coefficient (Wildman–Crippen LogP) is 3.80. The summed E-state index contributed by atoms with van der Waals surface area (Å²) in [5, 5.41) is 6.08. The monoisotopic (exact) mass is 357 g/mol. The normalized spacial score (nSPS) is 21.4. The number of carbonyl (C=O) groups is 2. The van der Waals surface area contributed by atoms with Crippen molar-refractivity contribution in [3.8, 4) is 0 Å². The summed E-state index contributed by atoms with van der Waals surface area (Å²) in [5.41, 5.74) is 1.98. The lowest BCUT2D eigenvalue weighted by molar-refractivity contribution is -0.128. The fourth-order valence-corrected chi connectivity index (χ4v) is 4.53. The lowest BCUT2D eigenvalue weighted by Crippen LogP contribution is -2.42. The minimum Gasteiger partial charge on any atom is -0.354 e. The maximum Gasteiger partial charge on any atom is 0.321 e. The molecule has 1 saturated carbocycles. The van der Waals surface area contributed by atoms with Crippen molar-refractivity contribution in [1.82, 2.24) is 10.2 Å². The molecule has 5 nitrogen and oxygen atoms in total. The molecular formula is C21H31N3O2. The SMILES string of the molecule is CCc1cccc(NC(=O)N2CC(C(=O)NC(C)C)C3(CCCC3)C2)c1. The first-order valence-corrected chi connectivity index (χ1v) is 9.89. The van der Waals surface area contributed by atoms with E-state index < -0.39 is 0 Å². The summed E-state index contributed by atoms with van der Waals surface area (Å²) in [7, 11) is 0. The highest BCUT2D eigenvalue weighted by Crippen LogP contribution is 2.49. The second-order valence-electron chi connectivity index (χ2n) is 8.15. The van der Waals surface area contributed by atoms with E-state index in [9.17, 15) is 9.59 Å². The van der Waals surface area contributed by atoms with E-state index in [1.54, 1.807) is 0 Å². The van der Waals surface area contributed by atoms with Gasteiger partial charge in [-0.15, -0.1) is 0 Å². The van der Waals surface area contributed by atoms with Crippen molar-refractivity contribution in [2.45, 2.75) is 58.9 Å². The number of rotatable bonds is 4. The van der Waals surface area contributed by atoms with Gasteiger partial charge in [0.15, 0.2) is 0 Å². The molecule has 0 aromatic heterocycles. The van der Waals surface area contributed by atoms with Gasteiger partial charge in [-0.2, -0.15) is 0 Å². The van der Waals surface area contributed by atoms with Gasteiger partial charge in [-0.1, -0.05) is 31.9 Å². The molecule has 3 rings (SSSR count). The third kappa shape index (κ3) is 3.87. The number of likely N-dealkylation sites (tertiary alicyclic amines) is 1. The molecule has 2 aliphatic rings. The topological polar surface area (TPSA) is 61.4 Å². The zero-order valence-electron chi connectivity index (χ0n) is 16.2. The van der Waals surface area contributed by atoms with Gasteiger partial charge < -0.3 is 15.5 Å². The molecule has 0 bridgehead atoms. The number of anilines is 1. The van der Waals surface area contributed by atoms with E-state index in [4.69, 9.17) is 0 Å². The third-order valence-corrected chi connectivity index (χ3v) is 5.87. The maximum absolute atomic E-state index is 12.8. The van der Waals surface area contributed by atoms with E-state index in [-0.39, 0.29) is 29.3 Å². The Labute approximate surface area is 156 Å². The first kappa shape index (κ1) is 18.7. The fourth-order valence-electron chi connectivity index (χ4n) is 4.53. The quantitative estimate of drug-likeness (QED) is 0.861. The minimum atomic E-state index is -0.0971. The molecule has 26 heavy (non-hydrogen) atoms. The van der Waals surface area contributed by atoms with E-state index in [1.807, 2.05) is 36.9 Å².